The van der Waals surface area contributed by atoms with E-state index in [-0.39, 0.29) is 5.56 Å². The summed E-state index contributed by atoms with van der Waals surface area (Å²) in [6.45, 7) is 6.71. The molecule has 0 unspecified atom stereocenters. The van der Waals surface area contributed by atoms with E-state index in [0.29, 0.717) is 24.5 Å². The summed E-state index contributed by atoms with van der Waals surface area (Å²) in [6, 6.07) is 8.11. The highest BCUT2D eigenvalue weighted by atomic mass is 16.5. The SMILES string of the molecule is CCCCCCCCCCCCCCCCCCOc1nc2ccccc2c(=O)n1CCN1CCCC1. The quantitative estimate of drug-likeness (QED) is 0.159. The van der Waals surface area contributed by atoms with Crippen molar-refractivity contribution in [3.8, 4) is 6.01 Å². The highest BCUT2D eigenvalue weighted by Crippen LogP contribution is 2.16. The van der Waals surface area contributed by atoms with Gasteiger partial charge in [-0.05, 0) is 44.5 Å². The molecule has 37 heavy (non-hydrogen) atoms. The maximum Gasteiger partial charge on any atom is 0.299 e. The first-order valence-corrected chi connectivity index (χ1v) is 15.6. The van der Waals surface area contributed by atoms with Crippen LogP contribution < -0.4 is 10.3 Å². The van der Waals surface area contributed by atoms with E-state index in [2.05, 4.69) is 11.8 Å². The summed E-state index contributed by atoms with van der Waals surface area (Å²) >= 11 is 0. The van der Waals surface area contributed by atoms with Crippen LogP contribution in [0.1, 0.15) is 122 Å². The van der Waals surface area contributed by atoms with Gasteiger partial charge < -0.3 is 9.64 Å². The Balaban J connectivity index is 1.26. The molecule has 0 radical (unpaired) electrons. The van der Waals surface area contributed by atoms with Crippen molar-refractivity contribution in [1.82, 2.24) is 14.5 Å². The lowest BCUT2D eigenvalue weighted by Crippen LogP contribution is -2.30. The first-order valence-electron chi connectivity index (χ1n) is 15.6. The fourth-order valence-corrected chi connectivity index (χ4v) is 5.52. The molecule has 0 N–H and O–H groups in total. The first kappa shape index (κ1) is 29.7. The average Bonchev–Trinajstić information content (AvgIpc) is 3.44. The van der Waals surface area contributed by atoms with Gasteiger partial charge >= 0.3 is 0 Å². The molecule has 0 saturated carbocycles. The van der Waals surface area contributed by atoms with Crippen LogP contribution in [0.3, 0.4) is 0 Å². The van der Waals surface area contributed by atoms with E-state index >= 15 is 0 Å². The molecule has 5 heteroatoms. The second kappa shape index (κ2) is 18.4. The van der Waals surface area contributed by atoms with Crippen molar-refractivity contribution in [1.29, 1.82) is 0 Å². The maximum absolute atomic E-state index is 13.2. The van der Waals surface area contributed by atoms with Gasteiger partial charge in [-0.3, -0.25) is 9.36 Å². The average molecular weight is 512 g/mol. The Morgan fingerprint density at radius 1 is 0.730 bits per heavy atom. The van der Waals surface area contributed by atoms with E-state index in [1.807, 2.05) is 24.3 Å². The molecule has 0 atom stereocenters. The van der Waals surface area contributed by atoms with Crippen molar-refractivity contribution in [3.63, 3.8) is 0 Å². The Bertz CT molecular complexity index is 920. The largest absolute Gasteiger partial charge is 0.465 e. The first-order chi connectivity index (χ1) is 18.3. The molecular formula is C32H53N3O2. The number of likely N-dealkylation sites (tertiary alicyclic amines) is 1. The Hall–Kier alpha value is -1.88. The molecule has 0 spiro atoms. The summed E-state index contributed by atoms with van der Waals surface area (Å²) in [6.07, 6.45) is 24.3. The van der Waals surface area contributed by atoms with Crippen molar-refractivity contribution >= 4 is 10.9 Å². The Morgan fingerprint density at radius 3 is 1.86 bits per heavy atom. The van der Waals surface area contributed by atoms with Crippen LogP contribution in [0.25, 0.3) is 10.9 Å². The highest BCUT2D eigenvalue weighted by molar-refractivity contribution is 5.77. The van der Waals surface area contributed by atoms with Crippen LogP contribution in [0.2, 0.25) is 0 Å². The number of fused-ring (bicyclic) bond motifs is 1. The van der Waals surface area contributed by atoms with Crippen molar-refractivity contribution < 1.29 is 4.74 Å². The van der Waals surface area contributed by atoms with Gasteiger partial charge in [-0.1, -0.05) is 115 Å². The molecule has 1 aliphatic heterocycles. The minimum absolute atomic E-state index is 0.0202. The Labute approximate surface area is 226 Å². The van der Waals surface area contributed by atoms with Gasteiger partial charge in [0.05, 0.1) is 17.5 Å². The third kappa shape index (κ3) is 11.2. The Morgan fingerprint density at radius 2 is 1.27 bits per heavy atom. The molecule has 0 amide bonds. The summed E-state index contributed by atoms with van der Waals surface area (Å²) in [5.74, 6) is 0. The molecule has 1 aromatic carbocycles. The van der Waals surface area contributed by atoms with Crippen LogP contribution >= 0.6 is 0 Å². The van der Waals surface area contributed by atoms with E-state index in [1.54, 1.807) is 4.57 Å². The zero-order valence-corrected chi connectivity index (χ0v) is 23.7. The molecule has 208 valence electrons. The minimum atomic E-state index is 0.0202. The van der Waals surface area contributed by atoms with Gasteiger partial charge in [-0.25, -0.2) is 0 Å². The predicted octanol–water partition coefficient (Wildman–Crippen LogP) is 8.13. The van der Waals surface area contributed by atoms with E-state index in [1.165, 1.54) is 109 Å². The molecule has 0 bridgehead atoms. The van der Waals surface area contributed by atoms with Crippen LogP contribution in [0.5, 0.6) is 6.01 Å². The van der Waals surface area contributed by atoms with Crippen molar-refractivity contribution in [2.24, 2.45) is 0 Å². The van der Waals surface area contributed by atoms with Crippen LogP contribution in [-0.2, 0) is 6.54 Å². The number of ether oxygens (including phenoxy) is 1. The number of unbranched alkanes of at least 4 members (excludes halogenated alkanes) is 15. The molecule has 1 fully saturated rings. The van der Waals surface area contributed by atoms with Gasteiger partial charge in [0.25, 0.3) is 11.6 Å². The smallest absolute Gasteiger partial charge is 0.299 e. The van der Waals surface area contributed by atoms with Crippen LogP contribution in [0.4, 0.5) is 0 Å². The van der Waals surface area contributed by atoms with E-state index in [4.69, 9.17) is 9.72 Å². The van der Waals surface area contributed by atoms with Crippen molar-refractivity contribution in [2.45, 2.75) is 129 Å². The maximum atomic E-state index is 13.2. The number of hydrogen-bond acceptors (Lipinski definition) is 4. The topological polar surface area (TPSA) is 47.4 Å². The molecule has 1 aliphatic rings. The summed E-state index contributed by atoms with van der Waals surface area (Å²) in [7, 11) is 0. The van der Waals surface area contributed by atoms with Crippen LogP contribution in [-0.4, -0.2) is 40.7 Å². The van der Waals surface area contributed by atoms with Crippen molar-refractivity contribution in [2.75, 3.05) is 26.2 Å². The van der Waals surface area contributed by atoms with Crippen LogP contribution in [0, 0.1) is 0 Å². The molecule has 2 aromatic rings. The number of benzene rings is 1. The third-order valence-electron chi connectivity index (χ3n) is 7.89. The fourth-order valence-electron chi connectivity index (χ4n) is 5.52. The second-order valence-electron chi connectivity index (χ2n) is 11.1. The zero-order chi connectivity index (χ0) is 26.0. The fraction of sp³-hybridized carbons (Fsp3) is 0.750. The standard InChI is InChI=1S/C32H53N3O2/c1-2-3-4-5-6-7-8-9-10-11-12-13-14-15-16-21-28-37-32-33-30-23-18-17-22-29(30)31(36)35(32)27-26-34-24-19-20-25-34/h17-18,22-23H,2-16,19-21,24-28H2,1H3. The molecule has 0 aliphatic carbocycles. The predicted molar refractivity (Wildman–Crippen MR) is 157 cm³/mol. The minimum Gasteiger partial charge on any atom is -0.465 e. The summed E-state index contributed by atoms with van der Waals surface area (Å²) < 4.78 is 7.85. The summed E-state index contributed by atoms with van der Waals surface area (Å²) in [4.78, 5) is 20.3. The lowest BCUT2D eigenvalue weighted by molar-refractivity contribution is 0.251. The second-order valence-corrected chi connectivity index (χ2v) is 11.1. The molecule has 5 nitrogen and oxygen atoms in total. The Kier molecular flexibility index (Phi) is 14.7. The monoisotopic (exact) mass is 511 g/mol. The van der Waals surface area contributed by atoms with Gasteiger partial charge in [0, 0.05) is 13.1 Å². The third-order valence-corrected chi connectivity index (χ3v) is 7.89. The van der Waals surface area contributed by atoms with E-state index in [9.17, 15) is 4.79 Å². The zero-order valence-electron chi connectivity index (χ0n) is 23.7. The van der Waals surface area contributed by atoms with E-state index in [0.717, 1.165) is 31.6 Å². The van der Waals surface area contributed by atoms with E-state index < -0.39 is 0 Å². The van der Waals surface area contributed by atoms with Gasteiger partial charge in [-0.15, -0.1) is 0 Å². The molecule has 1 aromatic heterocycles. The van der Waals surface area contributed by atoms with Crippen molar-refractivity contribution in [3.05, 3.63) is 34.6 Å². The van der Waals surface area contributed by atoms with Gasteiger partial charge in [-0.2, -0.15) is 4.98 Å². The lowest BCUT2D eigenvalue weighted by Gasteiger charge is -2.18. The normalized spacial score (nSPS) is 14.1. The number of aromatic nitrogens is 2. The number of rotatable bonds is 21. The molecule has 3 rings (SSSR count). The summed E-state index contributed by atoms with van der Waals surface area (Å²) in [5.41, 5.74) is 0.749. The lowest BCUT2D eigenvalue weighted by atomic mass is 10.0. The molecule has 2 heterocycles. The summed E-state index contributed by atoms with van der Waals surface area (Å²) in [5, 5.41) is 0.679. The molecule has 1 saturated heterocycles. The van der Waals surface area contributed by atoms with Gasteiger partial charge in [0.1, 0.15) is 0 Å². The number of para-hydroxylation sites is 1. The van der Waals surface area contributed by atoms with Gasteiger partial charge in [0.15, 0.2) is 0 Å². The number of nitrogens with zero attached hydrogens (tertiary/aromatic N) is 3. The van der Waals surface area contributed by atoms with Gasteiger partial charge in [0.2, 0.25) is 0 Å². The van der Waals surface area contributed by atoms with Crippen LogP contribution in [0.15, 0.2) is 29.1 Å². The molecular weight excluding hydrogens is 458 g/mol. The highest BCUT2D eigenvalue weighted by Gasteiger charge is 2.15. The number of hydrogen-bond donors (Lipinski definition) is 0.